The van der Waals surface area contributed by atoms with E-state index in [1.165, 1.54) is 0 Å². The van der Waals surface area contributed by atoms with Crippen molar-refractivity contribution >= 4 is 20.2 Å². The maximum atomic E-state index is 10.6. The van der Waals surface area contributed by atoms with Crippen molar-refractivity contribution < 1.29 is 24.7 Å². The maximum absolute atomic E-state index is 10.6. The van der Waals surface area contributed by atoms with Crippen LogP contribution in [0.25, 0.3) is 0 Å². The van der Waals surface area contributed by atoms with Crippen molar-refractivity contribution in [1.82, 2.24) is 5.09 Å². The molecule has 0 aliphatic heterocycles. The summed E-state index contributed by atoms with van der Waals surface area (Å²) >= 11 is 0. The van der Waals surface area contributed by atoms with Crippen LogP contribution in [0, 0.1) is 0 Å². The molecule has 2 atom stereocenters. The molecule has 0 spiro atoms. The van der Waals surface area contributed by atoms with Crippen molar-refractivity contribution in [2.45, 2.75) is 25.8 Å². The molecule has 0 aromatic rings. The van der Waals surface area contributed by atoms with Gasteiger partial charge in [0.05, 0.1) is 8.30 Å². The molecule has 0 amide bonds. The first-order valence-electron chi connectivity index (χ1n) is 4.14. The van der Waals surface area contributed by atoms with Gasteiger partial charge in [0.15, 0.2) is 0 Å². The van der Waals surface area contributed by atoms with Crippen LogP contribution < -0.4 is 5.09 Å². The van der Waals surface area contributed by atoms with E-state index in [-0.39, 0.29) is 12.8 Å². The summed E-state index contributed by atoms with van der Waals surface area (Å²) in [5.74, 6) is -2.18. The smallest absolute Gasteiger partial charge is 0.321 e. The highest BCUT2D eigenvalue weighted by Crippen LogP contribution is 2.24. The van der Waals surface area contributed by atoms with Crippen molar-refractivity contribution in [3.8, 4) is 0 Å². The monoisotopic (exact) mass is 223 g/mol. The van der Waals surface area contributed by atoms with E-state index in [1.54, 1.807) is 6.92 Å². The third kappa shape index (κ3) is 5.85. The third-order valence-electron chi connectivity index (χ3n) is 1.55. The zero-order valence-corrected chi connectivity index (χ0v) is 8.70. The lowest BCUT2D eigenvalue weighted by Gasteiger charge is -2.16. The summed E-state index contributed by atoms with van der Waals surface area (Å²) < 4.78 is 0. The molecular weight excluding hydrogens is 209 g/mol. The molecule has 0 aliphatic rings. The van der Waals surface area contributed by atoms with Crippen LogP contribution in [0.5, 0.6) is 0 Å². The second kappa shape index (κ2) is 6.70. The topological polar surface area (TPSA) is 107 Å². The molecule has 0 fully saturated rings. The lowest BCUT2D eigenvalue weighted by molar-refractivity contribution is -0.140. The molecule has 0 heterocycles. The average molecular weight is 223 g/mol. The van der Waals surface area contributed by atoms with Crippen molar-refractivity contribution in [2.24, 2.45) is 0 Å². The Labute approximate surface area is 82.8 Å². The van der Waals surface area contributed by atoms with Crippen LogP contribution in [0.2, 0.25) is 0 Å². The van der Waals surface area contributed by atoms with Crippen LogP contribution in [0.1, 0.15) is 19.8 Å². The van der Waals surface area contributed by atoms with Gasteiger partial charge in [0.1, 0.15) is 6.04 Å². The summed E-state index contributed by atoms with van der Waals surface area (Å²) in [4.78, 5) is 30.0. The Morgan fingerprint density at radius 3 is 2.36 bits per heavy atom. The Hall–Kier alpha value is -0.710. The van der Waals surface area contributed by atoms with Gasteiger partial charge in [-0.3, -0.25) is 14.7 Å². The van der Waals surface area contributed by atoms with Crippen LogP contribution in [0.15, 0.2) is 0 Å². The predicted octanol–water partition coefficient (Wildman–Crippen LogP) is 0.218. The van der Waals surface area contributed by atoms with Gasteiger partial charge in [-0.25, -0.2) is 0 Å². The molecule has 14 heavy (non-hydrogen) atoms. The minimum Gasteiger partial charge on any atom is -0.481 e. The minimum atomic E-state index is -1.50. The first-order chi connectivity index (χ1) is 6.47. The van der Waals surface area contributed by atoms with E-state index >= 15 is 0 Å². The molecule has 0 aromatic heterocycles. The predicted molar refractivity (Wildman–Crippen MR) is 51.1 cm³/mol. The summed E-state index contributed by atoms with van der Waals surface area (Å²) in [6.45, 7) is 1.72. The second-order valence-electron chi connectivity index (χ2n) is 2.67. The summed E-state index contributed by atoms with van der Waals surface area (Å²) in [5.41, 5.74) is 0. The molecule has 6 nitrogen and oxygen atoms in total. The van der Waals surface area contributed by atoms with Crippen LogP contribution in [-0.4, -0.2) is 39.2 Å². The van der Waals surface area contributed by atoms with Crippen molar-refractivity contribution in [3.05, 3.63) is 0 Å². The van der Waals surface area contributed by atoms with E-state index in [2.05, 4.69) is 5.09 Å². The lowest BCUT2D eigenvalue weighted by Crippen LogP contribution is -2.34. The molecule has 0 aliphatic carbocycles. The molecule has 0 aromatic carbocycles. The van der Waals surface area contributed by atoms with Crippen LogP contribution in [-0.2, 0) is 9.59 Å². The molecule has 4 N–H and O–H groups in total. The van der Waals surface area contributed by atoms with Gasteiger partial charge < -0.3 is 15.1 Å². The molecule has 0 radical (unpaired) electrons. The third-order valence-corrected chi connectivity index (χ3v) is 2.76. The molecule has 0 saturated heterocycles. The van der Waals surface area contributed by atoms with Gasteiger partial charge >= 0.3 is 11.9 Å². The van der Waals surface area contributed by atoms with Crippen molar-refractivity contribution in [3.63, 3.8) is 0 Å². The Balaban J connectivity index is 4.02. The Morgan fingerprint density at radius 2 is 2.00 bits per heavy atom. The van der Waals surface area contributed by atoms with E-state index in [0.29, 0.717) is 6.16 Å². The first kappa shape index (κ1) is 13.3. The van der Waals surface area contributed by atoms with E-state index in [9.17, 15) is 14.5 Å². The van der Waals surface area contributed by atoms with Gasteiger partial charge in [0.2, 0.25) is 0 Å². The quantitative estimate of drug-likeness (QED) is 0.460. The van der Waals surface area contributed by atoms with E-state index in [1.807, 2.05) is 0 Å². The van der Waals surface area contributed by atoms with Gasteiger partial charge in [-0.15, -0.1) is 0 Å². The van der Waals surface area contributed by atoms with Gasteiger partial charge in [-0.1, -0.05) is 6.92 Å². The molecule has 7 heteroatoms. The number of nitrogens with one attached hydrogen (secondary N) is 1. The van der Waals surface area contributed by atoms with Gasteiger partial charge in [0, 0.05) is 12.6 Å². The Bertz CT molecular complexity index is 210. The number of carbonyl (C=O) groups is 2. The summed E-state index contributed by atoms with van der Waals surface area (Å²) in [6.07, 6.45) is 0.188. The Morgan fingerprint density at radius 1 is 1.43 bits per heavy atom. The van der Waals surface area contributed by atoms with Gasteiger partial charge in [0.25, 0.3) is 0 Å². The molecule has 82 valence electrons. The van der Waals surface area contributed by atoms with Crippen LogP contribution in [0.3, 0.4) is 0 Å². The van der Waals surface area contributed by atoms with Crippen LogP contribution in [0.4, 0.5) is 0 Å². The standard InChI is InChI=1S/C7H14NO5P/c1-2-14(13)8-5(7(11)12)3-4-6(9)10/h5,8,13H,2-4H2,1H3,(H,9,10)(H,11,12)/t5-,14?/m0/s1. The molecule has 0 saturated carbocycles. The number of hydrogen-bond acceptors (Lipinski definition) is 4. The minimum absolute atomic E-state index is 0.0237. The number of hydrogen-bond donors (Lipinski definition) is 4. The first-order valence-corrected chi connectivity index (χ1v) is 5.62. The van der Waals surface area contributed by atoms with Crippen LogP contribution >= 0.6 is 8.30 Å². The van der Waals surface area contributed by atoms with E-state index in [4.69, 9.17) is 10.2 Å². The van der Waals surface area contributed by atoms with Crippen molar-refractivity contribution in [2.75, 3.05) is 6.16 Å². The highest BCUT2D eigenvalue weighted by Gasteiger charge is 2.20. The lowest BCUT2D eigenvalue weighted by atomic mass is 10.2. The van der Waals surface area contributed by atoms with E-state index in [0.717, 1.165) is 0 Å². The Kier molecular flexibility index (Phi) is 6.36. The number of carboxylic acids is 2. The molecular formula is C7H14NO5P. The highest BCUT2D eigenvalue weighted by atomic mass is 31.2. The summed E-state index contributed by atoms with van der Waals surface area (Å²) in [6, 6.07) is -0.984. The molecule has 0 bridgehead atoms. The van der Waals surface area contributed by atoms with Gasteiger partial charge in [-0.05, 0) is 6.42 Å². The normalized spacial score (nSPS) is 14.7. The average Bonchev–Trinajstić information content (AvgIpc) is 2.10. The zero-order chi connectivity index (χ0) is 11.1. The SMILES string of the molecule is CCP(O)N[C@@H](CCC(=O)O)C(=O)O. The maximum Gasteiger partial charge on any atom is 0.321 e. The van der Waals surface area contributed by atoms with E-state index < -0.39 is 26.3 Å². The second-order valence-corrected chi connectivity index (χ2v) is 4.36. The number of rotatable bonds is 7. The highest BCUT2D eigenvalue weighted by molar-refractivity contribution is 7.49. The van der Waals surface area contributed by atoms with Crippen molar-refractivity contribution in [1.29, 1.82) is 0 Å². The van der Waals surface area contributed by atoms with Gasteiger partial charge in [-0.2, -0.15) is 0 Å². The summed E-state index contributed by atoms with van der Waals surface area (Å²) in [7, 11) is -1.50. The number of aliphatic carboxylic acids is 2. The fraction of sp³-hybridized carbons (Fsp3) is 0.714. The molecule has 1 unspecified atom stereocenters. The number of carboxylic acid groups (broad SMARTS) is 2. The summed E-state index contributed by atoms with van der Waals surface area (Å²) in [5, 5.41) is 19.5. The largest absolute Gasteiger partial charge is 0.481 e. The fourth-order valence-corrected chi connectivity index (χ4v) is 1.56. The molecule has 0 rings (SSSR count). The fourth-order valence-electron chi connectivity index (χ4n) is 0.782. The zero-order valence-electron chi connectivity index (χ0n) is 7.80.